The van der Waals surface area contributed by atoms with Crippen LogP contribution in [0.1, 0.15) is 11.1 Å². The lowest BCUT2D eigenvalue weighted by molar-refractivity contribution is 0.217. The van der Waals surface area contributed by atoms with Crippen molar-refractivity contribution in [1.29, 1.82) is 0 Å². The first-order chi connectivity index (χ1) is 15.9. The average Bonchev–Trinajstić information content (AvgIpc) is 2.86. The van der Waals surface area contributed by atoms with Crippen LogP contribution in [0.4, 0.5) is 5.69 Å². The van der Waals surface area contributed by atoms with Crippen LogP contribution < -0.4 is 19.5 Å². The van der Waals surface area contributed by atoms with E-state index in [0.29, 0.717) is 26.4 Å². The molecular formula is C28H27NO3. The Morgan fingerprint density at radius 2 is 1.16 bits per heavy atom. The minimum atomic E-state index is 0.488. The summed E-state index contributed by atoms with van der Waals surface area (Å²) >= 11 is 0. The Bertz CT molecular complexity index is 1080. The van der Waals surface area contributed by atoms with Crippen LogP contribution >= 0.6 is 0 Å². The van der Waals surface area contributed by atoms with Gasteiger partial charge in [-0.15, -0.1) is 0 Å². The van der Waals surface area contributed by atoms with Gasteiger partial charge in [0.1, 0.15) is 37.1 Å². The van der Waals surface area contributed by atoms with Crippen LogP contribution in [-0.2, 0) is 13.2 Å². The Morgan fingerprint density at radius 1 is 0.531 bits per heavy atom. The van der Waals surface area contributed by atoms with Crippen molar-refractivity contribution in [2.24, 2.45) is 0 Å². The third-order valence-electron chi connectivity index (χ3n) is 4.87. The maximum Gasteiger partial charge on any atom is 0.142 e. The van der Waals surface area contributed by atoms with E-state index in [1.54, 1.807) is 0 Å². The molecule has 4 heteroatoms. The Balaban J connectivity index is 1.27. The van der Waals surface area contributed by atoms with E-state index in [4.69, 9.17) is 14.2 Å². The maximum absolute atomic E-state index is 6.04. The third kappa shape index (κ3) is 6.54. The van der Waals surface area contributed by atoms with Gasteiger partial charge in [0.05, 0.1) is 5.69 Å². The summed E-state index contributed by atoms with van der Waals surface area (Å²) in [6.07, 6.45) is 0. The molecule has 0 radical (unpaired) electrons. The Labute approximate surface area is 189 Å². The highest BCUT2D eigenvalue weighted by atomic mass is 16.5. The summed E-state index contributed by atoms with van der Waals surface area (Å²) in [6, 6.07) is 36.0. The maximum atomic E-state index is 6.04. The smallest absolute Gasteiger partial charge is 0.142 e. The number of nitrogens with one attached hydrogen (secondary N) is 1. The van der Waals surface area contributed by atoms with Crippen LogP contribution in [0, 0.1) is 0 Å². The number of rotatable bonds is 11. The lowest BCUT2D eigenvalue weighted by Gasteiger charge is -2.14. The standard InChI is InChI=1S/C28H27NO3/c1-3-10-23(11-4-1)22-32-28-17-8-7-16-27(28)29-21-24-12-9-15-26(20-24)31-19-18-30-25-13-5-2-6-14-25/h1-17,20,29H,18-19,21-22H2. The second-order valence-electron chi connectivity index (χ2n) is 7.28. The van der Waals surface area contributed by atoms with Crippen molar-refractivity contribution in [2.75, 3.05) is 18.5 Å². The van der Waals surface area contributed by atoms with Gasteiger partial charge in [-0.2, -0.15) is 0 Å². The van der Waals surface area contributed by atoms with Crippen LogP contribution in [-0.4, -0.2) is 13.2 Å². The van der Waals surface area contributed by atoms with Crippen LogP contribution in [0.2, 0.25) is 0 Å². The Morgan fingerprint density at radius 3 is 1.97 bits per heavy atom. The lowest BCUT2D eigenvalue weighted by Crippen LogP contribution is -2.09. The zero-order chi connectivity index (χ0) is 21.8. The number of hydrogen-bond acceptors (Lipinski definition) is 4. The van der Waals surface area contributed by atoms with E-state index in [1.165, 1.54) is 0 Å². The number of para-hydroxylation sites is 3. The highest BCUT2D eigenvalue weighted by molar-refractivity contribution is 5.56. The minimum Gasteiger partial charge on any atom is -0.490 e. The summed E-state index contributed by atoms with van der Waals surface area (Å²) in [4.78, 5) is 0. The monoisotopic (exact) mass is 425 g/mol. The molecule has 1 N–H and O–H groups in total. The molecule has 4 aromatic carbocycles. The molecule has 162 valence electrons. The van der Waals surface area contributed by atoms with Gasteiger partial charge in [0, 0.05) is 6.54 Å². The lowest BCUT2D eigenvalue weighted by atomic mass is 10.2. The number of ether oxygens (including phenoxy) is 3. The Kier molecular flexibility index (Phi) is 7.64. The molecule has 4 nitrogen and oxygen atoms in total. The summed E-state index contributed by atoms with van der Waals surface area (Å²) in [7, 11) is 0. The highest BCUT2D eigenvalue weighted by Crippen LogP contribution is 2.26. The molecule has 0 unspecified atom stereocenters. The number of anilines is 1. The van der Waals surface area contributed by atoms with Gasteiger partial charge in [-0.25, -0.2) is 0 Å². The largest absolute Gasteiger partial charge is 0.490 e. The molecule has 0 saturated carbocycles. The molecule has 0 aliphatic rings. The molecule has 0 aliphatic heterocycles. The molecule has 0 amide bonds. The van der Waals surface area contributed by atoms with Gasteiger partial charge in [0.25, 0.3) is 0 Å². The predicted molar refractivity (Wildman–Crippen MR) is 128 cm³/mol. The summed E-state index contributed by atoms with van der Waals surface area (Å²) in [5.74, 6) is 2.51. The van der Waals surface area contributed by atoms with Crippen molar-refractivity contribution in [3.63, 3.8) is 0 Å². The molecule has 4 aromatic rings. The fraction of sp³-hybridized carbons (Fsp3) is 0.143. The summed E-state index contributed by atoms with van der Waals surface area (Å²) in [6.45, 7) is 2.19. The molecule has 0 aliphatic carbocycles. The quantitative estimate of drug-likeness (QED) is 0.285. The van der Waals surface area contributed by atoms with E-state index in [0.717, 1.165) is 34.1 Å². The van der Waals surface area contributed by atoms with E-state index >= 15 is 0 Å². The molecule has 0 heterocycles. The summed E-state index contributed by atoms with van der Waals surface area (Å²) in [5.41, 5.74) is 3.23. The fourth-order valence-electron chi connectivity index (χ4n) is 3.25. The first-order valence-electron chi connectivity index (χ1n) is 10.8. The van der Waals surface area contributed by atoms with Crippen molar-refractivity contribution in [2.45, 2.75) is 13.2 Å². The second kappa shape index (κ2) is 11.5. The SMILES string of the molecule is c1ccc(COc2ccccc2NCc2cccc(OCCOc3ccccc3)c2)cc1. The van der Waals surface area contributed by atoms with Crippen LogP contribution in [0.25, 0.3) is 0 Å². The van der Waals surface area contributed by atoms with E-state index in [1.807, 2.05) is 91.0 Å². The van der Waals surface area contributed by atoms with Gasteiger partial charge in [-0.1, -0.05) is 72.8 Å². The van der Waals surface area contributed by atoms with Crippen molar-refractivity contribution >= 4 is 5.69 Å². The second-order valence-corrected chi connectivity index (χ2v) is 7.28. The molecule has 0 fully saturated rings. The van der Waals surface area contributed by atoms with Gasteiger partial charge in [-0.3, -0.25) is 0 Å². The molecule has 0 bridgehead atoms. The van der Waals surface area contributed by atoms with E-state index < -0.39 is 0 Å². The van der Waals surface area contributed by atoms with Crippen LogP contribution in [0.3, 0.4) is 0 Å². The third-order valence-corrected chi connectivity index (χ3v) is 4.87. The summed E-state index contributed by atoms with van der Waals surface area (Å²) in [5, 5.41) is 3.48. The van der Waals surface area contributed by atoms with Crippen molar-refractivity contribution in [3.8, 4) is 17.2 Å². The molecule has 0 aromatic heterocycles. The van der Waals surface area contributed by atoms with E-state index in [-0.39, 0.29) is 0 Å². The van der Waals surface area contributed by atoms with Crippen molar-refractivity contribution in [1.82, 2.24) is 0 Å². The fourth-order valence-corrected chi connectivity index (χ4v) is 3.25. The zero-order valence-corrected chi connectivity index (χ0v) is 17.9. The van der Waals surface area contributed by atoms with Crippen LogP contribution in [0.15, 0.2) is 109 Å². The van der Waals surface area contributed by atoms with Gasteiger partial charge in [-0.05, 0) is 47.5 Å². The van der Waals surface area contributed by atoms with Gasteiger partial charge >= 0.3 is 0 Å². The molecule has 32 heavy (non-hydrogen) atoms. The first-order valence-corrected chi connectivity index (χ1v) is 10.8. The van der Waals surface area contributed by atoms with Crippen molar-refractivity contribution < 1.29 is 14.2 Å². The van der Waals surface area contributed by atoms with Crippen LogP contribution in [0.5, 0.6) is 17.2 Å². The minimum absolute atomic E-state index is 0.488. The first kappa shape index (κ1) is 21.3. The average molecular weight is 426 g/mol. The highest BCUT2D eigenvalue weighted by Gasteiger charge is 2.04. The summed E-state index contributed by atoms with van der Waals surface area (Å²) < 4.78 is 17.6. The van der Waals surface area contributed by atoms with Gasteiger partial charge in [0.2, 0.25) is 0 Å². The van der Waals surface area contributed by atoms with Gasteiger partial charge in [0.15, 0.2) is 0 Å². The van der Waals surface area contributed by atoms with E-state index in [2.05, 4.69) is 23.5 Å². The molecular weight excluding hydrogens is 398 g/mol. The normalized spacial score (nSPS) is 10.4. The topological polar surface area (TPSA) is 39.7 Å². The zero-order valence-electron chi connectivity index (χ0n) is 17.9. The van der Waals surface area contributed by atoms with Crippen molar-refractivity contribution in [3.05, 3.63) is 120 Å². The molecule has 0 atom stereocenters. The predicted octanol–water partition coefficient (Wildman–Crippen LogP) is 6.34. The molecule has 4 rings (SSSR count). The molecule has 0 saturated heterocycles. The van der Waals surface area contributed by atoms with Gasteiger partial charge < -0.3 is 19.5 Å². The van der Waals surface area contributed by atoms with E-state index in [9.17, 15) is 0 Å². The molecule has 0 spiro atoms. The number of hydrogen-bond donors (Lipinski definition) is 1. The Hall–Kier alpha value is -3.92. The number of benzene rings is 4.